The van der Waals surface area contributed by atoms with Crippen LogP contribution in [-0.2, 0) is 9.47 Å². The molecule has 98 valence electrons. The van der Waals surface area contributed by atoms with E-state index in [1.165, 1.54) is 0 Å². The molecular formula is C12H17N3O2S. The molecule has 1 saturated heterocycles. The third-order valence-electron chi connectivity index (χ3n) is 2.79. The summed E-state index contributed by atoms with van der Waals surface area (Å²) in [5.41, 5.74) is 7.53. The average Bonchev–Trinajstić information content (AvgIpc) is 2.37. The summed E-state index contributed by atoms with van der Waals surface area (Å²) in [4.78, 5) is 4.62. The molecular weight excluding hydrogens is 250 g/mol. The monoisotopic (exact) mass is 267 g/mol. The van der Waals surface area contributed by atoms with Gasteiger partial charge in [-0.1, -0.05) is 12.2 Å². The molecule has 1 atom stereocenters. The van der Waals surface area contributed by atoms with Crippen LogP contribution in [0.5, 0.6) is 0 Å². The number of pyridine rings is 1. The first-order chi connectivity index (χ1) is 8.68. The Bertz CT molecular complexity index is 433. The molecule has 1 aliphatic heterocycles. The van der Waals surface area contributed by atoms with Crippen LogP contribution >= 0.6 is 12.2 Å². The normalized spacial score (nSPS) is 19.5. The van der Waals surface area contributed by atoms with Crippen molar-refractivity contribution in [3.8, 4) is 0 Å². The van der Waals surface area contributed by atoms with Gasteiger partial charge in [-0.15, -0.1) is 0 Å². The number of aryl methyl sites for hydroxylation is 1. The van der Waals surface area contributed by atoms with E-state index < -0.39 is 0 Å². The second-order valence-electron chi connectivity index (χ2n) is 4.16. The summed E-state index contributed by atoms with van der Waals surface area (Å²) in [6, 6.07) is 1.89. The van der Waals surface area contributed by atoms with Crippen molar-refractivity contribution in [1.82, 2.24) is 4.98 Å². The molecule has 0 amide bonds. The number of nitrogens with one attached hydrogen (secondary N) is 1. The van der Waals surface area contributed by atoms with Crippen LogP contribution in [0.3, 0.4) is 0 Å². The van der Waals surface area contributed by atoms with Crippen molar-refractivity contribution in [1.29, 1.82) is 0 Å². The number of ether oxygens (including phenoxy) is 2. The maximum absolute atomic E-state index is 5.72. The Morgan fingerprint density at radius 2 is 2.44 bits per heavy atom. The van der Waals surface area contributed by atoms with Crippen molar-refractivity contribution < 1.29 is 9.47 Å². The number of nitrogens with zero attached hydrogens (tertiary/aromatic N) is 1. The molecule has 1 aliphatic rings. The lowest BCUT2D eigenvalue weighted by Crippen LogP contribution is -2.34. The van der Waals surface area contributed by atoms with Gasteiger partial charge in [-0.25, -0.2) is 4.98 Å². The summed E-state index contributed by atoms with van der Waals surface area (Å²) in [5, 5.41) is 3.22. The first-order valence-electron chi connectivity index (χ1n) is 5.87. The fourth-order valence-electron chi connectivity index (χ4n) is 1.87. The Balaban J connectivity index is 2.04. The lowest BCUT2D eigenvalue weighted by Gasteiger charge is -2.23. The molecule has 5 nitrogen and oxygen atoms in total. The van der Waals surface area contributed by atoms with E-state index in [1.54, 1.807) is 6.20 Å². The number of hydrogen-bond acceptors (Lipinski definition) is 5. The summed E-state index contributed by atoms with van der Waals surface area (Å²) in [6.07, 6.45) is 1.78. The maximum Gasteiger partial charge on any atom is 0.136 e. The van der Waals surface area contributed by atoms with Gasteiger partial charge in [0.25, 0.3) is 0 Å². The molecule has 0 aromatic carbocycles. The minimum absolute atomic E-state index is 0.0419. The van der Waals surface area contributed by atoms with E-state index in [1.807, 2.05) is 13.0 Å². The Morgan fingerprint density at radius 3 is 3.11 bits per heavy atom. The quantitative estimate of drug-likeness (QED) is 0.788. The second-order valence-corrected chi connectivity index (χ2v) is 4.60. The molecule has 1 aromatic rings. The van der Waals surface area contributed by atoms with Crippen LogP contribution in [0.1, 0.15) is 11.1 Å². The minimum Gasteiger partial charge on any atom is -0.389 e. The van der Waals surface area contributed by atoms with Crippen LogP contribution < -0.4 is 11.1 Å². The molecule has 0 spiro atoms. The fraction of sp³-hybridized carbons (Fsp3) is 0.500. The third-order valence-corrected chi connectivity index (χ3v) is 2.99. The van der Waals surface area contributed by atoms with E-state index in [9.17, 15) is 0 Å². The molecule has 1 unspecified atom stereocenters. The second kappa shape index (κ2) is 6.08. The summed E-state index contributed by atoms with van der Waals surface area (Å²) < 4.78 is 10.9. The zero-order chi connectivity index (χ0) is 13.0. The first-order valence-corrected chi connectivity index (χ1v) is 6.28. The lowest BCUT2D eigenvalue weighted by molar-refractivity contribution is -0.0819. The van der Waals surface area contributed by atoms with Gasteiger partial charge in [-0.05, 0) is 18.6 Å². The van der Waals surface area contributed by atoms with Gasteiger partial charge in [-0.3, -0.25) is 0 Å². The van der Waals surface area contributed by atoms with Crippen molar-refractivity contribution in [3.63, 3.8) is 0 Å². The summed E-state index contributed by atoms with van der Waals surface area (Å²) in [5.74, 6) is 0.705. The average molecular weight is 267 g/mol. The van der Waals surface area contributed by atoms with Gasteiger partial charge in [0.2, 0.25) is 0 Å². The predicted molar refractivity (Wildman–Crippen MR) is 73.9 cm³/mol. The van der Waals surface area contributed by atoms with Crippen molar-refractivity contribution in [2.45, 2.75) is 13.0 Å². The van der Waals surface area contributed by atoms with Gasteiger partial charge in [0.15, 0.2) is 0 Å². The Kier molecular flexibility index (Phi) is 4.46. The predicted octanol–water partition coefficient (Wildman–Crippen LogP) is 0.852. The SMILES string of the molecule is Cc1ccnc(NCC2COCCO2)c1C(N)=S. The van der Waals surface area contributed by atoms with Crippen LogP contribution in [0.15, 0.2) is 12.3 Å². The molecule has 1 aromatic heterocycles. The van der Waals surface area contributed by atoms with Crippen molar-refractivity contribution in [3.05, 3.63) is 23.4 Å². The Morgan fingerprint density at radius 1 is 1.61 bits per heavy atom. The van der Waals surface area contributed by atoms with E-state index in [0.29, 0.717) is 37.2 Å². The van der Waals surface area contributed by atoms with Crippen molar-refractivity contribution in [2.75, 3.05) is 31.7 Å². The molecule has 6 heteroatoms. The van der Waals surface area contributed by atoms with E-state index in [4.69, 9.17) is 27.4 Å². The highest BCUT2D eigenvalue weighted by Gasteiger charge is 2.16. The molecule has 18 heavy (non-hydrogen) atoms. The minimum atomic E-state index is 0.0419. The highest BCUT2D eigenvalue weighted by Crippen LogP contribution is 2.16. The van der Waals surface area contributed by atoms with Crippen molar-refractivity contribution >= 4 is 23.0 Å². The molecule has 2 heterocycles. The number of nitrogens with two attached hydrogens (primary N) is 1. The molecule has 0 saturated carbocycles. The van der Waals surface area contributed by atoms with E-state index in [0.717, 1.165) is 11.1 Å². The van der Waals surface area contributed by atoms with Gasteiger partial charge in [-0.2, -0.15) is 0 Å². The van der Waals surface area contributed by atoms with Crippen LogP contribution in [0.4, 0.5) is 5.82 Å². The van der Waals surface area contributed by atoms with Crippen molar-refractivity contribution in [2.24, 2.45) is 5.73 Å². The largest absolute Gasteiger partial charge is 0.389 e. The molecule has 2 rings (SSSR count). The fourth-order valence-corrected chi connectivity index (χ4v) is 2.13. The van der Waals surface area contributed by atoms with Gasteiger partial charge >= 0.3 is 0 Å². The maximum atomic E-state index is 5.72. The molecule has 3 N–H and O–H groups in total. The summed E-state index contributed by atoms with van der Waals surface area (Å²) >= 11 is 5.05. The van der Waals surface area contributed by atoms with Gasteiger partial charge < -0.3 is 20.5 Å². The topological polar surface area (TPSA) is 69.4 Å². The number of hydrogen-bond donors (Lipinski definition) is 2. The highest BCUT2D eigenvalue weighted by molar-refractivity contribution is 7.80. The number of aromatic nitrogens is 1. The zero-order valence-electron chi connectivity index (χ0n) is 10.3. The Labute approximate surface area is 112 Å². The van der Waals surface area contributed by atoms with Crippen LogP contribution in [0.2, 0.25) is 0 Å². The van der Waals surface area contributed by atoms with E-state index >= 15 is 0 Å². The van der Waals surface area contributed by atoms with E-state index in [2.05, 4.69) is 10.3 Å². The smallest absolute Gasteiger partial charge is 0.136 e. The Hall–Kier alpha value is -1.24. The van der Waals surface area contributed by atoms with Crippen LogP contribution in [0, 0.1) is 6.92 Å². The number of thiocarbonyl (C=S) groups is 1. The summed E-state index contributed by atoms with van der Waals surface area (Å²) in [7, 11) is 0. The third kappa shape index (κ3) is 3.16. The first kappa shape index (κ1) is 13.2. The van der Waals surface area contributed by atoms with Crippen LogP contribution in [-0.4, -0.2) is 42.4 Å². The number of anilines is 1. The molecule has 0 radical (unpaired) electrons. The number of rotatable bonds is 4. The van der Waals surface area contributed by atoms with Gasteiger partial charge in [0, 0.05) is 12.7 Å². The zero-order valence-corrected chi connectivity index (χ0v) is 11.1. The molecule has 1 fully saturated rings. The van der Waals surface area contributed by atoms with Gasteiger partial charge in [0.1, 0.15) is 10.8 Å². The standard InChI is InChI=1S/C12H17N3O2S/c1-8-2-3-14-12(10(8)11(13)18)15-6-9-7-16-4-5-17-9/h2-3,9H,4-7H2,1H3,(H2,13,18)(H,14,15). The van der Waals surface area contributed by atoms with E-state index in [-0.39, 0.29) is 6.10 Å². The van der Waals surface area contributed by atoms with Crippen LogP contribution in [0.25, 0.3) is 0 Å². The highest BCUT2D eigenvalue weighted by atomic mass is 32.1. The lowest BCUT2D eigenvalue weighted by atomic mass is 10.1. The summed E-state index contributed by atoms with van der Waals surface area (Å²) in [6.45, 7) is 4.49. The van der Waals surface area contributed by atoms with Gasteiger partial charge in [0.05, 0.1) is 31.5 Å². The molecule has 0 bridgehead atoms. The molecule has 0 aliphatic carbocycles.